The molecule has 0 aliphatic rings. The van der Waals surface area contributed by atoms with Crippen molar-refractivity contribution in [2.45, 2.75) is 39.3 Å². The number of rotatable bonds is 3. The summed E-state index contributed by atoms with van der Waals surface area (Å²) in [4.78, 5) is 34.9. The minimum absolute atomic E-state index is 0.0391. The lowest BCUT2D eigenvalue weighted by molar-refractivity contribution is -0.141. The highest BCUT2D eigenvalue weighted by molar-refractivity contribution is 7.80. The Morgan fingerprint density at radius 3 is 2.22 bits per heavy atom. The van der Waals surface area contributed by atoms with Gasteiger partial charge in [-0.05, 0) is 20.8 Å². The monoisotopic (exact) mass is 275 g/mol. The largest absolute Gasteiger partial charge is 0.444 e. The number of carbonyl (C=O) groups is 3. The van der Waals surface area contributed by atoms with Crippen LogP contribution in [0.4, 0.5) is 4.79 Å². The average molecular weight is 275 g/mol. The number of hydrogen-bond acceptors (Lipinski definition) is 5. The predicted octanol–water partition coefficient (Wildman–Crippen LogP) is 0.976. The predicted molar refractivity (Wildman–Crippen MR) is 69.9 cm³/mol. The number of imide groups is 1. The lowest BCUT2D eigenvalue weighted by Crippen LogP contribution is -2.50. The Morgan fingerprint density at radius 1 is 1.39 bits per heavy atom. The van der Waals surface area contributed by atoms with Crippen LogP contribution in [-0.4, -0.2) is 40.2 Å². The van der Waals surface area contributed by atoms with Gasteiger partial charge < -0.3 is 10.1 Å². The quantitative estimate of drug-likeness (QED) is 0.753. The fraction of sp³-hybridized carbons (Fsp3) is 0.636. The van der Waals surface area contributed by atoms with Crippen molar-refractivity contribution < 1.29 is 19.1 Å². The number of amides is 3. The van der Waals surface area contributed by atoms with E-state index in [0.29, 0.717) is 4.90 Å². The van der Waals surface area contributed by atoms with Gasteiger partial charge in [0.1, 0.15) is 11.6 Å². The number of ether oxygens (including phenoxy) is 1. The number of nitrogens with one attached hydrogen (secondary N) is 1. The van der Waals surface area contributed by atoms with E-state index in [1.807, 2.05) is 0 Å². The van der Waals surface area contributed by atoms with Crippen LogP contribution in [0.15, 0.2) is 0 Å². The van der Waals surface area contributed by atoms with Gasteiger partial charge in [0.2, 0.25) is 5.91 Å². The van der Waals surface area contributed by atoms with Crippen LogP contribution in [0.25, 0.3) is 0 Å². The number of hydrogen-bond donors (Lipinski definition) is 2. The van der Waals surface area contributed by atoms with E-state index in [-0.39, 0.29) is 5.75 Å². The Labute approximate surface area is 112 Å². The summed E-state index contributed by atoms with van der Waals surface area (Å²) in [6.07, 6.45) is -0.744. The molecular weight excluding hydrogens is 256 g/mol. The van der Waals surface area contributed by atoms with Gasteiger partial charge in [-0.1, -0.05) is 0 Å². The molecule has 1 radical (unpaired) electrons. The molecule has 0 saturated heterocycles. The SMILES string of the molecule is [CH2]N(C(C)=O)C(=O)[C@H](CS)NC(=O)OC(C)(C)C. The van der Waals surface area contributed by atoms with E-state index in [1.54, 1.807) is 20.8 Å². The molecule has 1 N–H and O–H groups in total. The van der Waals surface area contributed by atoms with Gasteiger partial charge in [0.25, 0.3) is 5.91 Å². The standard InChI is InChI=1S/C11H19N2O4S/c1-7(14)13(5)9(15)8(6-18)12-10(16)17-11(2,3)4/h8,18H,5-6H2,1-4H3,(H,12,16)/t8-/m0/s1. The zero-order valence-electron chi connectivity index (χ0n) is 11.0. The minimum atomic E-state index is -0.954. The van der Waals surface area contributed by atoms with Crippen molar-refractivity contribution in [1.82, 2.24) is 10.2 Å². The molecule has 7 heteroatoms. The second-order valence-electron chi connectivity index (χ2n) is 4.67. The summed E-state index contributed by atoms with van der Waals surface area (Å²) >= 11 is 3.95. The summed E-state index contributed by atoms with van der Waals surface area (Å²) in [6.45, 7) is 6.31. The van der Waals surface area contributed by atoms with Crippen LogP contribution in [0.3, 0.4) is 0 Å². The molecule has 0 saturated carbocycles. The van der Waals surface area contributed by atoms with Gasteiger partial charge in [0.05, 0.1) is 0 Å². The van der Waals surface area contributed by atoms with Crippen molar-refractivity contribution in [2.75, 3.05) is 5.75 Å². The second kappa shape index (κ2) is 6.63. The van der Waals surface area contributed by atoms with Crippen molar-refractivity contribution in [2.24, 2.45) is 0 Å². The molecule has 3 amide bonds. The molecule has 0 rings (SSSR count). The molecule has 0 aromatic heterocycles. The molecule has 0 fully saturated rings. The molecule has 6 nitrogen and oxygen atoms in total. The Hall–Kier alpha value is -1.24. The zero-order chi connectivity index (χ0) is 14.5. The third-order valence-electron chi connectivity index (χ3n) is 1.82. The molecule has 103 valence electrons. The lowest BCUT2D eigenvalue weighted by Gasteiger charge is -2.24. The fourth-order valence-electron chi connectivity index (χ4n) is 0.979. The number of nitrogens with zero attached hydrogens (tertiary/aromatic N) is 1. The number of carbonyl (C=O) groups excluding carboxylic acids is 3. The van der Waals surface area contributed by atoms with Crippen LogP contribution in [0.2, 0.25) is 0 Å². The smallest absolute Gasteiger partial charge is 0.408 e. The van der Waals surface area contributed by atoms with Gasteiger partial charge in [-0.25, -0.2) is 4.79 Å². The average Bonchev–Trinajstić information content (AvgIpc) is 2.21. The normalized spacial score (nSPS) is 12.6. The first-order chi connectivity index (χ1) is 8.08. The maximum absolute atomic E-state index is 11.7. The highest BCUT2D eigenvalue weighted by Gasteiger charge is 2.26. The van der Waals surface area contributed by atoms with Gasteiger partial charge in [-0.3, -0.25) is 14.5 Å². The van der Waals surface area contributed by atoms with Crippen LogP contribution in [-0.2, 0) is 14.3 Å². The Bertz CT molecular complexity index is 338. The van der Waals surface area contributed by atoms with Crippen molar-refractivity contribution in [1.29, 1.82) is 0 Å². The number of alkyl carbamates (subject to hydrolysis) is 1. The maximum Gasteiger partial charge on any atom is 0.408 e. The second-order valence-corrected chi connectivity index (χ2v) is 5.03. The maximum atomic E-state index is 11.7. The minimum Gasteiger partial charge on any atom is -0.444 e. The molecule has 0 unspecified atom stereocenters. The Kier molecular flexibility index (Phi) is 6.17. The molecule has 18 heavy (non-hydrogen) atoms. The first-order valence-corrected chi connectivity index (χ1v) is 5.97. The molecule has 0 spiro atoms. The Morgan fingerprint density at radius 2 is 1.89 bits per heavy atom. The molecule has 0 aromatic rings. The summed E-state index contributed by atoms with van der Waals surface area (Å²) in [5, 5.41) is 2.34. The fourth-order valence-corrected chi connectivity index (χ4v) is 1.23. The summed E-state index contributed by atoms with van der Waals surface area (Å²) in [5.41, 5.74) is -0.668. The van der Waals surface area contributed by atoms with Crippen molar-refractivity contribution in [3.05, 3.63) is 7.05 Å². The first kappa shape index (κ1) is 16.8. The van der Waals surface area contributed by atoms with Gasteiger partial charge in [-0.2, -0.15) is 12.6 Å². The summed E-state index contributed by atoms with van der Waals surface area (Å²) in [7, 11) is 3.30. The highest BCUT2D eigenvalue weighted by atomic mass is 32.1. The van der Waals surface area contributed by atoms with Gasteiger partial charge >= 0.3 is 6.09 Å². The Balaban J connectivity index is 4.57. The topological polar surface area (TPSA) is 75.7 Å². The van der Waals surface area contributed by atoms with Gasteiger partial charge in [0, 0.05) is 19.7 Å². The first-order valence-electron chi connectivity index (χ1n) is 5.34. The van der Waals surface area contributed by atoms with E-state index >= 15 is 0 Å². The van der Waals surface area contributed by atoms with Crippen LogP contribution in [0, 0.1) is 7.05 Å². The lowest BCUT2D eigenvalue weighted by atomic mass is 10.2. The molecule has 0 aliphatic carbocycles. The van der Waals surface area contributed by atoms with Crippen LogP contribution in [0.1, 0.15) is 27.7 Å². The zero-order valence-corrected chi connectivity index (χ0v) is 11.9. The number of thiol groups is 1. The molecule has 0 aromatic carbocycles. The van der Waals surface area contributed by atoms with E-state index in [4.69, 9.17) is 4.74 Å². The molecule has 0 aliphatic heterocycles. The van der Waals surface area contributed by atoms with Crippen molar-refractivity contribution in [3.63, 3.8) is 0 Å². The molecule has 1 atom stereocenters. The molecule has 0 heterocycles. The third-order valence-corrected chi connectivity index (χ3v) is 2.18. The van der Waals surface area contributed by atoms with E-state index in [9.17, 15) is 14.4 Å². The van der Waals surface area contributed by atoms with Crippen molar-refractivity contribution >= 4 is 30.5 Å². The van der Waals surface area contributed by atoms with Crippen LogP contribution in [0.5, 0.6) is 0 Å². The van der Waals surface area contributed by atoms with Gasteiger partial charge in [-0.15, -0.1) is 0 Å². The summed E-state index contributed by atoms with van der Waals surface area (Å²) in [6, 6.07) is -0.954. The van der Waals surface area contributed by atoms with Crippen LogP contribution < -0.4 is 5.32 Å². The van der Waals surface area contributed by atoms with E-state index in [2.05, 4.69) is 25.0 Å². The summed E-state index contributed by atoms with van der Waals surface area (Å²) in [5.74, 6) is -1.11. The van der Waals surface area contributed by atoms with E-state index < -0.39 is 29.6 Å². The molecular formula is C11H19N2O4S. The van der Waals surface area contributed by atoms with Crippen molar-refractivity contribution in [3.8, 4) is 0 Å². The van der Waals surface area contributed by atoms with E-state index in [0.717, 1.165) is 0 Å². The van der Waals surface area contributed by atoms with Gasteiger partial charge in [0.15, 0.2) is 0 Å². The summed E-state index contributed by atoms with van der Waals surface area (Å²) < 4.78 is 5.00. The third kappa shape index (κ3) is 5.90. The molecule has 0 bridgehead atoms. The van der Waals surface area contributed by atoms with E-state index in [1.165, 1.54) is 6.92 Å². The highest BCUT2D eigenvalue weighted by Crippen LogP contribution is 2.07. The van der Waals surface area contributed by atoms with Crippen LogP contribution >= 0.6 is 12.6 Å².